The van der Waals surface area contributed by atoms with Crippen LogP contribution < -0.4 is 14.8 Å². The van der Waals surface area contributed by atoms with Gasteiger partial charge in [0.15, 0.2) is 5.75 Å². The zero-order valence-electron chi connectivity index (χ0n) is 18.1. The van der Waals surface area contributed by atoms with Crippen molar-refractivity contribution in [1.82, 2.24) is 0 Å². The summed E-state index contributed by atoms with van der Waals surface area (Å²) in [5, 5.41) is 2.53. The fourth-order valence-electron chi connectivity index (χ4n) is 3.30. The molecule has 0 aromatic heterocycles. The molecular weight excluding hydrogens is 443 g/mol. The van der Waals surface area contributed by atoms with Crippen LogP contribution in [0.5, 0.6) is 17.2 Å². The minimum absolute atomic E-state index is 0.0855. The Morgan fingerprint density at radius 2 is 1.38 bits per heavy atom. The molecule has 0 heterocycles. The average Bonchev–Trinajstić information content (AvgIpc) is 2.85. The van der Waals surface area contributed by atoms with E-state index in [2.05, 4.69) is 5.32 Å². The zero-order valence-corrected chi connectivity index (χ0v) is 18.1. The molecule has 1 amide bonds. The smallest absolute Gasteiger partial charge is 0.416 e. The molecule has 0 radical (unpaired) electrons. The molecule has 0 saturated carbocycles. The van der Waals surface area contributed by atoms with E-state index in [4.69, 9.17) is 9.47 Å². The van der Waals surface area contributed by atoms with E-state index in [0.717, 1.165) is 23.3 Å². The van der Waals surface area contributed by atoms with Crippen molar-refractivity contribution in [2.24, 2.45) is 0 Å². The van der Waals surface area contributed by atoms with Crippen LogP contribution in [0, 0.1) is 0 Å². The number of hydrogen-bond acceptors (Lipinski definition) is 3. The standard InChI is InChI=1S/C27H20F3NO3/c1-33-22-12-9-20(10-13-22)26(32)31-24-17-21(27(28,29)30)11-16-25(24)34-23-14-7-19(8-15-23)18-5-3-2-4-6-18/h2-17H,1H3,(H,31,32). The Labute approximate surface area is 194 Å². The molecule has 0 bridgehead atoms. The second kappa shape index (κ2) is 9.70. The molecule has 0 atom stereocenters. The van der Waals surface area contributed by atoms with Gasteiger partial charge >= 0.3 is 6.18 Å². The number of anilines is 1. The Morgan fingerprint density at radius 3 is 2.00 bits per heavy atom. The quantitative estimate of drug-likeness (QED) is 0.324. The number of rotatable bonds is 6. The summed E-state index contributed by atoms with van der Waals surface area (Å²) in [4.78, 5) is 12.7. The second-order valence-electron chi connectivity index (χ2n) is 7.38. The first kappa shape index (κ1) is 22.9. The number of nitrogens with one attached hydrogen (secondary N) is 1. The van der Waals surface area contributed by atoms with Gasteiger partial charge in [0, 0.05) is 5.56 Å². The Morgan fingerprint density at radius 1 is 0.765 bits per heavy atom. The van der Waals surface area contributed by atoms with Crippen LogP contribution in [-0.2, 0) is 6.18 Å². The normalized spacial score (nSPS) is 11.1. The minimum Gasteiger partial charge on any atom is -0.497 e. The lowest BCUT2D eigenvalue weighted by Crippen LogP contribution is -2.14. The van der Waals surface area contributed by atoms with E-state index in [1.165, 1.54) is 25.3 Å². The van der Waals surface area contributed by atoms with Gasteiger partial charge < -0.3 is 14.8 Å². The van der Waals surface area contributed by atoms with Crippen LogP contribution in [0.3, 0.4) is 0 Å². The van der Waals surface area contributed by atoms with Crippen molar-refractivity contribution in [1.29, 1.82) is 0 Å². The van der Waals surface area contributed by atoms with Gasteiger partial charge in [-0.25, -0.2) is 0 Å². The molecular formula is C27H20F3NO3. The maximum atomic E-state index is 13.3. The van der Waals surface area contributed by atoms with Crippen LogP contribution in [0.4, 0.5) is 18.9 Å². The number of hydrogen-bond donors (Lipinski definition) is 1. The van der Waals surface area contributed by atoms with Crippen molar-refractivity contribution in [2.75, 3.05) is 12.4 Å². The number of halogens is 3. The molecule has 1 N–H and O–H groups in total. The van der Waals surface area contributed by atoms with Crippen LogP contribution in [0.15, 0.2) is 97.1 Å². The van der Waals surface area contributed by atoms with Gasteiger partial charge in [0.25, 0.3) is 5.91 Å². The number of ether oxygens (including phenoxy) is 2. The molecule has 7 heteroatoms. The van der Waals surface area contributed by atoms with Crippen molar-refractivity contribution in [2.45, 2.75) is 6.18 Å². The predicted molar refractivity (Wildman–Crippen MR) is 124 cm³/mol. The highest BCUT2D eigenvalue weighted by Crippen LogP contribution is 2.37. The zero-order chi connectivity index (χ0) is 24.1. The Kier molecular flexibility index (Phi) is 6.54. The third-order valence-electron chi connectivity index (χ3n) is 5.10. The van der Waals surface area contributed by atoms with E-state index in [9.17, 15) is 18.0 Å². The lowest BCUT2D eigenvalue weighted by atomic mass is 10.1. The Hall–Kier alpha value is -4.26. The van der Waals surface area contributed by atoms with Crippen molar-refractivity contribution in [3.05, 3.63) is 108 Å². The molecule has 0 aliphatic heterocycles. The third kappa shape index (κ3) is 5.38. The highest BCUT2D eigenvalue weighted by atomic mass is 19.4. The number of benzene rings is 4. The molecule has 0 spiro atoms. The fraction of sp³-hybridized carbons (Fsp3) is 0.0741. The lowest BCUT2D eigenvalue weighted by molar-refractivity contribution is -0.137. The molecule has 0 unspecified atom stereocenters. The van der Waals surface area contributed by atoms with Crippen molar-refractivity contribution >= 4 is 11.6 Å². The highest BCUT2D eigenvalue weighted by molar-refractivity contribution is 6.05. The summed E-state index contributed by atoms with van der Waals surface area (Å²) < 4.78 is 50.8. The van der Waals surface area contributed by atoms with Gasteiger partial charge in [0.05, 0.1) is 18.4 Å². The highest BCUT2D eigenvalue weighted by Gasteiger charge is 2.31. The van der Waals surface area contributed by atoms with Gasteiger partial charge in [-0.3, -0.25) is 4.79 Å². The number of alkyl halides is 3. The number of carbonyl (C=O) groups is 1. The summed E-state index contributed by atoms with van der Waals surface area (Å²) in [7, 11) is 1.49. The van der Waals surface area contributed by atoms with Crippen molar-refractivity contribution in [3.8, 4) is 28.4 Å². The molecule has 34 heavy (non-hydrogen) atoms. The minimum atomic E-state index is -4.57. The van der Waals surface area contributed by atoms with E-state index in [0.29, 0.717) is 11.5 Å². The van der Waals surface area contributed by atoms with Gasteiger partial charge in [-0.1, -0.05) is 42.5 Å². The molecule has 0 fully saturated rings. The molecule has 4 nitrogen and oxygen atoms in total. The molecule has 172 valence electrons. The van der Waals surface area contributed by atoms with Crippen LogP contribution in [0.25, 0.3) is 11.1 Å². The Bertz CT molecular complexity index is 1270. The third-order valence-corrected chi connectivity index (χ3v) is 5.10. The predicted octanol–water partition coefficient (Wildman–Crippen LogP) is 7.43. The molecule has 0 saturated heterocycles. The first-order chi connectivity index (χ1) is 16.3. The van der Waals surface area contributed by atoms with E-state index < -0.39 is 17.6 Å². The molecule has 0 aliphatic carbocycles. The van der Waals surface area contributed by atoms with Crippen LogP contribution >= 0.6 is 0 Å². The van der Waals surface area contributed by atoms with Gasteiger partial charge in [-0.05, 0) is 65.7 Å². The summed E-state index contributed by atoms with van der Waals surface area (Å²) >= 11 is 0. The van der Waals surface area contributed by atoms with Crippen molar-refractivity contribution < 1.29 is 27.4 Å². The van der Waals surface area contributed by atoms with E-state index in [1.54, 1.807) is 24.3 Å². The lowest BCUT2D eigenvalue weighted by Gasteiger charge is -2.16. The van der Waals surface area contributed by atoms with Gasteiger partial charge in [0.1, 0.15) is 11.5 Å². The molecule has 0 aliphatic rings. The largest absolute Gasteiger partial charge is 0.497 e. The topological polar surface area (TPSA) is 47.6 Å². The number of methoxy groups -OCH3 is 1. The maximum absolute atomic E-state index is 13.3. The number of carbonyl (C=O) groups excluding carboxylic acids is 1. The first-order valence-electron chi connectivity index (χ1n) is 10.3. The van der Waals surface area contributed by atoms with Gasteiger partial charge in [-0.15, -0.1) is 0 Å². The Balaban J connectivity index is 1.60. The SMILES string of the molecule is COc1ccc(C(=O)Nc2cc(C(F)(F)F)ccc2Oc2ccc(-c3ccccc3)cc2)cc1. The summed E-state index contributed by atoms with van der Waals surface area (Å²) in [5.74, 6) is 0.478. The molecule has 4 aromatic carbocycles. The van der Waals surface area contributed by atoms with Gasteiger partial charge in [0.2, 0.25) is 0 Å². The first-order valence-corrected chi connectivity index (χ1v) is 10.3. The molecule has 4 aromatic rings. The van der Waals surface area contributed by atoms with Crippen LogP contribution in [0.2, 0.25) is 0 Å². The summed E-state index contributed by atoms with van der Waals surface area (Å²) in [6.45, 7) is 0. The van der Waals surface area contributed by atoms with Crippen molar-refractivity contribution in [3.63, 3.8) is 0 Å². The summed E-state index contributed by atoms with van der Waals surface area (Å²) in [6.07, 6.45) is -4.57. The van der Waals surface area contributed by atoms with E-state index in [-0.39, 0.29) is 17.0 Å². The van der Waals surface area contributed by atoms with Gasteiger partial charge in [-0.2, -0.15) is 13.2 Å². The van der Waals surface area contributed by atoms with Crippen LogP contribution in [-0.4, -0.2) is 13.0 Å². The van der Waals surface area contributed by atoms with E-state index >= 15 is 0 Å². The average molecular weight is 463 g/mol. The monoisotopic (exact) mass is 463 g/mol. The maximum Gasteiger partial charge on any atom is 0.416 e. The fourth-order valence-corrected chi connectivity index (χ4v) is 3.30. The second-order valence-corrected chi connectivity index (χ2v) is 7.38. The summed E-state index contributed by atoms with van der Waals surface area (Å²) in [6, 6.07) is 26.0. The summed E-state index contributed by atoms with van der Waals surface area (Å²) in [5.41, 5.74) is 1.26. The van der Waals surface area contributed by atoms with E-state index in [1.807, 2.05) is 42.5 Å². The number of amides is 1. The molecule has 4 rings (SSSR count). The van der Waals surface area contributed by atoms with Crippen LogP contribution in [0.1, 0.15) is 15.9 Å².